The Labute approximate surface area is 174 Å². The third kappa shape index (κ3) is 7.33. The van der Waals surface area contributed by atoms with Gasteiger partial charge >= 0.3 is 0 Å². The summed E-state index contributed by atoms with van der Waals surface area (Å²) in [4.78, 5) is 9.12. The lowest BCUT2D eigenvalue weighted by molar-refractivity contribution is 0.486. The van der Waals surface area contributed by atoms with E-state index in [1.54, 1.807) is 0 Å². The average molecular weight is 476 g/mol. The van der Waals surface area contributed by atoms with Crippen molar-refractivity contribution >= 4 is 41.7 Å². The van der Waals surface area contributed by atoms with E-state index in [-0.39, 0.29) is 24.0 Å². The maximum atomic E-state index is 4.85. The molecule has 1 aliphatic rings. The van der Waals surface area contributed by atoms with E-state index >= 15 is 0 Å². The Morgan fingerprint density at radius 3 is 2.76 bits per heavy atom. The molecule has 2 unspecified atom stereocenters. The molecule has 25 heavy (non-hydrogen) atoms. The average Bonchev–Trinajstić information content (AvgIpc) is 3.00. The molecule has 142 valence electrons. The van der Waals surface area contributed by atoms with Crippen molar-refractivity contribution in [3.63, 3.8) is 0 Å². The summed E-state index contributed by atoms with van der Waals surface area (Å²) in [6, 6.07) is 4.18. The molecule has 6 heteroatoms. The molecule has 4 nitrogen and oxygen atoms in total. The second-order valence-electron chi connectivity index (χ2n) is 7.11. The Bertz CT molecular complexity index is 515. The summed E-state index contributed by atoms with van der Waals surface area (Å²) < 4.78 is 0.309. The van der Waals surface area contributed by atoms with Gasteiger partial charge in [-0.3, -0.25) is 9.98 Å². The van der Waals surface area contributed by atoms with Gasteiger partial charge in [-0.1, -0.05) is 19.9 Å². The summed E-state index contributed by atoms with van der Waals surface area (Å²) in [7, 11) is 0. The predicted molar refractivity (Wildman–Crippen MR) is 121 cm³/mol. The first-order valence-electron chi connectivity index (χ1n) is 9.10. The Hall–Kier alpha value is -0.500. The number of nitrogens with zero attached hydrogens (tertiary/aromatic N) is 2. The van der Waals surface area contributed by atoms with Gasteiger partial charge in [-0.25, -0.2) is 0 Å². The molecule has 0 bridgehead atoms. The fourth-order valence-electron chi connectivity index (χ4n) is 3.09. The molecular formula is C19H33IN4S. The van der Waals surface area contributed by atoms with Crippen LogP contribution in [0.5, 0.6) is 0 Å². The molecule has 0 amide bonds. The molecular weight excluding hydrogens is 443 g/mol. The predicted octanol–water partition coefficient (Wildman–Crippen LogP) is 4.28. The van der Waals surface area contributed by atoms with E-state index in [4.69, 9.17) is 4.99 Å². The first-order chi connectivity index (χ1) is 11.5. The van der Waals surface area contributed by atoms with Crippen molar-refractivity contribution in [2.24, 2.45) is 10.9 Å². The number of hydrogen-bond donors (Lipinski definition) is 2. The van der Waals surface area contributed by atoms with Crippen molar-refractivity contribution in [2.45, 2.75) is 51.2 Å². The summed E-state index contributed by atoms with van der Waals surface area (Å²) in [5.41, 5.74) is 1.29. The number of nitrogens with one attached hydrogen (secondary N) is 2. The van der Waals surface area contributed by atoms with Crippen molar-refractivity contribution in [3.05, 3.63) is 30.1 Å². The van der Waals surface area contributed by atoms with Crippen LogP contribution in [0, 0.1) is 5.92 Å². The van der Waals surface area contributed by atoms with E-state index in [9.17, 15) is 0 Å². The van der Waals surface area contributed by atoms with Gasteiger partial charge in [-0.2, -0.15) is 11.8 Å². The molecule has 1 fully saturated rings. The van der Waals surface area contributed by atoms with E-state index in [1.165, 1.54) is 24.2 Å². The summed E-state index contributed by atoms with van der Waals surface area (Å²) in [5, 5.41) is 6.93. The minimum Gasteiger partial charge on any atom is -0.357 e. The highest BCUT2D eigenvalue weighted by atomic mass is 127. The van der Waals surface area contributed by atoms with Gasteiger partial charge < -0.3 is 10.6 Å². The van der Waals surface area contributed by atoms with Gasteiger partial charge in [0.2, 0.25) is 0 Å². The third-order valence-corrected chi connectivity index (χ3v) is 6.15. The summed E-state index contributed by atoms with van der Waals surface area (Å²) in [6.45, 7) is 11.6. The molecule has 0 spiro atoms. The van der Waals surface area contributed by atoms with Crippen LogP contribution in [-0.4, -0.2) is 41.1 Å². The van der Waals surface area contributed by atoms with Crippen molar-refractivity contribution in [1.29, 1.82) is 0 Å². The van der Waals surface area contributed by atoms with Crippen molar-refractivity contribution in [3.8, 4) is 0 Å². The number of aromatic nitrogens is 1. The lowest BCUT2D eigenvalue weighted by Gasteiger charge is -2.24. The minimum atomic E-state index is 0. The van der Waals surface area contributed by atoms with Crippen LogP contribution in [0.1, 0.15) is 52.0 Å². The highest BCUT2D eigenvalue weighted by molar-refractivity contribution is 14.0. The topological polar surface area (TPSA) is 49.3 Å². The zero-order chi connectivity index (χ0) is 17.4. The molecule has 1 aromatic rings. The second kappa shape index (κ2) is 11.3. The highest BCUT2D eigenvalue weighted by Crippen LogP contribution is 2.37. The first kappa shape index (κ1) is 22.5. The van der Waals surface area contributed by atoms with E-state index in [1.807, 2.05) is 18.5 Å². The van der Waals surface area contributed by atoms with Gasteiger partial charge in [0.05, 0.1) is 6.54 Å². The lowest BCUT2D eigenvalue weighted by atomic mass is 9.89. The number of aliphatic imine (C=N–C) groups is 1. The molecule has 0 aliphatic carbocycles. The monoisotopic (exact) mass is 476 g/mol. The van der Waals surface area contributed by atoms with E-state index < -0.39 is 0 Å². The van der Waals surface area contributed by atoms with Crippen LogP contribution in [0.25, 0.3) is 0 Å². The Kier molecular flexibility index (Phi) is 10.2. The Morgan fingerprint density at radius 2 is 2.20 bits per heavy atom. The highest BCUT2D eigenvalue weighted by Gasteiger charge is 2.29. The molecule has 1 aliphatic heterocycles. The van der Waals surface area contributed by atoms with Crippen LogP contribution in [0.4, 0.5) is 0 Å². The van der Waals surface area contributed by atoms with Crippen LogP contribution < -0.4 is 10.6 Å². The number of guanidine groups is 1. The summed E-state index contributed by atoms with van der Waals surface area (Å²) in [6.07, 6.45) is 6.40. The number of rotatable bonds is 7. The first-order valence-corrected chi connectivity index (χ1v) is 10.1. The smallest absolute Gasteiger partial charge is 0.191 e. The van der Waals surface area contributed by atoms with Crippen LogP contribution >= 0.6 is 35.7 Å². The zero-order valence-corrected chi connectivity index (χ0v) is 19.1. The van der Waals surface area contributed by atoms with E-state index in [2.05, 4.69) is 61.1 Å². The number of hydrogen-bond acceptors (Lipinski definition) is 3. The van der Waals surface area contributed by atoms with E-state index in [0.29, 0.717) is 16.6 Å². The number of thioether (sulfide) groups is 1. The fourth-order valence-corrected chi connectivity index (χ4v) is 4.32. The minimum absolute atomic E-state index is 0. The molecule has 2 atom stereocenters. The summed E-state index contributed by atoms with van der Waals surface area (Å²) >= 11 is 2.06. The van der Waals surface area contributed by atoms with Gasteiger partial charge in [0.15, 0.2) is 5.96 Å². The standard InChI is InChI=1S/C19H32N4S.HI/c1-5-21-18(23-14-19(4)9-7-11-24-19)22-13-17(15(2)3)16-8-6-10-20-12-16;/h6,8,10,12,15,17H,5,7,9,11,13-14H2,1-4H3,(H2,21,22,23);1H. The van der Waals surface area contributed by atoms with Gasteiger partial charge in [-0.15, -0.1) is 24.0 Å². The Morgan fingerprint density at radius 1 is 1.40 bits per heavy atom. The molecule has 0 saturated carbocycles. The van der Waals surface area contributed by atoms with Crippen LogP contribution in [0.3, 0.4) is 0 Å². The number of halogens is 1. The van der Waals surface area contributed by atoms with Crippen LogP contribution in [-0.2, 0) is 0 Å². The molecule has 2 rings (SSSR count). The number of pyridine rings is 1. The summed E-state index contributed by atoms with van der Waals surface area (Å²) in [5.74, 6) is 3.18. The van der Waals surface area contributed by atoms with Crippen LogP contribution in [0.2, 0.25) is 0 Å². The SMILES string of the molecule is CCNC(=NCC1(C)CCCS1)NCC(c1cccnc1)C(C)C.I. The maximum Gasteiger partial charge on any atom is 0.191 e. The largest absolute Gasteiger partial charge is 0.357 e. The van der Waals surface area contributed by atoms with Crippen molar-refractivity contribution in [1.82, 2.24) is 15.6 Å². The maximum absolute atomic E-state index is 4.85. The Balaban J connectivity index is 0.00000312. The molecule has 2 heterocycles. The van der Waals surface area contributed by atoms with Crippen molar-refractivity contribution in [2.75, 3.05) is 25.4 Å². The third-order valence-electron chi connectivity index (χ3n) is 4.62. The molecule has 1 aromatic heterocycles. The molecule has 2 N–H and O–H groups in total. The van der Waals surface area contributed by atoms with Gasteiger partial charge in [0.25, 0.3) is 0 Å². The van der Waals surface area contributed by atoms with Gasteiger partial charge in [-0.05, 0) is 50.0 Å². The van der Waals surface area contributed by atoms with E-state index in [0.717, 1.165) is 25.6 Å². The zero-order valence-electron chi connectivity index (χ0n) is 15.9. The second-order valence-corrected chi connectivity index (χ2v) is 8.80. The van der Waals surface area contributed by atoms with Gasteiger partial charge in [0.1, 0.15) is 0 Å². The quantitative estimate of drug-likeness (QED) is 0.351. The molecule has 1 saturated heterocycles. The van der Waals surface area contributed by atoms with Gasteiger partial charge in [0, 0.05) is 36.1 Å². The van der Waals surface area contributed by atoms with Crippen molar-refractivity contribution < 1.29 is 0 Å². The van der Waals surface area contributed by atoms with Crippen LogP contribution in [0.15, 0.2) is 29.5 Å². The normalized spacial score (nSPS) is 21.7. The fraction of sp³-hybridized carbons (Fsp3) is 0.684. The molecule has 0 aromatic carbocycles. The molecule has 0 radical (unpaired) electrons. The lowest BCUT2D eigenvalue weighted by Crippen LogP contribution is -2.41.